The molecule has 20 heavy (non-hydrogen) atoms. The quantitative estimate of drug-likeness (QED) is 0.923. The summed E-state index contributed by atoms with van der Waals surface area (Å²) in [6, 6.07) is 3.68. The first-order valence-corrected chi connectivity index (χ1v) is 7.05. The lowest BCUT2D eigenvalue weighted by atomic mass is 10.1. The highest BCUT2D eigenvalue weighted by molar-refractivity contribution is 7.10. The third-order valence-electron chi connectivity index (χ3n) is 3.07. The zero-order chi connectivity index (χ0) is 14.3. The van der Waals surface area contributed by atoms with Gasteiger partial charge in [0.05, 0.1) is 4.88 Å². The van der Waals surface area contributed by atoms with Crippen molar-refractivity contribution in [3.05, 3.63) is 38.4 Å². The first-order valence-electron chi connectivity index (χ1n) is 6.23. The number of thiazole rings is 1. The van der Waals surface area contributed by atoms with Gasteiger partial charge in [0, 0.05) is 29.6 Å². The number of aliphatic imine (C=N–C) groups is 1. The molecule has 2 aromatic rings. The van der Waals surface area contributed by atoms with E-state index < -0.39 is 0 Å². The standard InChI is InChI=1S/C14H13N3O2S/c1-8(2)17-13(18)11(20-14(17)19)6-9-7-16-12-10(9)4-3-5-15-12/h3-8,18H,1-2H3/b9-6+. The van der Waals surface area contributed by atoms with Crippen LogP contribution >= 0.6 is 11.3 Å². The van der Waals surface area contributed by atoms with Crippen LogP contribution in [0.2, 0.25) is 0 Å². The average Bonchev–Trinajstić information content (AvgIpc) is 2.93. The first kappa shape index (κ1) is 12.8. The van der Waals surface area contributed by atoms with Gasteiger partial charge in [0.15, 0.2) is 5.82 Å². The third kappa shape index (κ3) is 1.98. The van der Waals surface area contributed by atoms with Crippen molar-refractivity contribution in [2.75, 3.05) is 0 Å². The monoisotopic (exact) mass is 287 g/mol. The Kier molecular flexibility index (Phi) is 3.02. The van der Waals surface area contributed by atoms with Crippen LogP contribution in [0.1, 0.15) is 30.3 Å². The number of fused-ring (bicyclic) bond motifs is 1. The van der Waals surface area contributed by atoms with Gasteiger partial charge in [0.2, 0.25) is 5.88 Å². The molecule has 6 heteroatoms. The summed E-state index contributed by atoms with van der Waals surface area (Å²) in [6.45, 7) is 3.72. The van der Waals surface area contributed by atoms with E-state index in [0.29, 0.717) is 10.7 Å². The van der Waals surface area contributed by atoms with E-state index in [0.717, 1.165) is 22.5 Å². The molecule has 3 heterocycles. The zero-order valence-electron chi connectivity index (χ0n) is 11.1. The van der Waals surface area contributed by atoms with Crippen LogP contribution in [0.4, 0.5) is 5.82 Å². The SMILES string of the molecule is CC(C)n1c(O)c(/C=C2\C=Nc3ncccc32)sc1=O. The summed E-state index contributed by atoms with van der Waals surface area (Å²) in [7, 11) is 0. The van der Waals surface area contributed by atoms with Crippen molar-refractivity contribution in [3.63, 3.8) is 0 Å². The summed E-state index contributed by atoms with van der Waals surface area (Å²) in [6.07, 6.45) is 5.16. The topological polar surface area (TPSA) is 67.5 Å². The lowest BCUT2D eigenvalue weighted by Gasteiger charge is -2.06. The maximum absolute atomic E-state index is 11.9. The largest absolute Gasteiger partial charge is 0.493 e. The van der Waals surface area contributed by atoms with Gasteiger partial charge in [-0.05, 0) is 32.1 Å². The van der Waals surface area contributed by atoms with Gasteiger partial charge in [-0.2, -0.15) is 0 Å². The van der Waals surface area contributed by atoms with Gasteiger partial charge in [0.25, 0.3) is 0 Å². The maximum Gasteiger partial charge on any atom is 0.310 e. The molecule has 0 aromatic carbocycles. The smallest absolute Gasteiger partial charge is 0.310 e. The van der Waals surface area contributed by atoms with Gasteiger partial charge in [-0.15, -0.1) is 0 Å². The second-order valence-electron chi connectivity index (χ2n) is 4.75. The van der Waals surface area contributed by atoms with Crippen molar-refractivity contribution < 1.29 is 5.11 Å². The molecule has 1 aliphatic rings. The predicted molar refractivity (Wildman–Crippen MR) is 80.9 cm³/mol. The van der Waals surface area contributed by atoms with E-state index in [9.17, 15) is 9.90 Å². The molecular formula is C14H13N3O2S. The zero-order valence-corrected chi connectivity index (χ0v) is 11.9. The highest BCUT2D eigenvalue weighted by atomic mass is 32.1. The second-order valence-corrected chi connectivity index (χ2v) is 5.75. The Hall–Kier alpha value is -2.21. The van der Waals surface area contributed by atoms with Gasteiger partial charge in [-0.3, -0.25) is 9.36 Å². The Morgan fingerprint density at radius 1 is 1.45 bits per heavy atom. The van der Waals surface area contributed by atoms with Crippen molar-refractivity contribution in [1.29, 1.82) is 0 Å². The normalized spacial score (nSPS) is 15.2. The Labute approximate surface area is 119 Å². The summed E-state index contributed by atoms with van der Waals surface area (Å²) < 4.78 is 1.38. The van der Waals surface area contributed by atoms with Gasteiger partial charge in [-0.25, -0.2) is 9.98 Å². The van der Waals surface area contributed by atoms with Crippen LogP contribution in [0, 0.1) is 0 Å². The number of aromatic nitrogens is 2. The summed E-state index contributed by atoms with van der Waals surface area (Å²) in [4.78, 5) is 20.6. The van der Waals surface area contributed by atoms with Crippen LogP contribution in [0.15, 0.2) is 28.1 Å². The van der Waals surface area contributed by atoms with Gasteiger partial charge in [0.1, 0.15) is 0 Å². The fraction of sp³-hybridized carbons (Fsp3) is 0.214. The molecule has 0 bridgehead atoms. The Morgan fingerprint density at radius 2 is 2.25 bits per heavy atom. The van der Waals surface area contributed by atoms with Crippen LogP contribution in [0.5, 0.6) is 5.88 Å². The molecular weight excluding hydrogens is 274 g/mol. The van der Waals surface area contributed by atoms with Gasteiger partial charge in [-0.1, -0.05) is 11.3 Å². The van der Waals surface area contributed by atoms with E-state index in [4.69, 9.17) is 0 Å². The van der Waals surface area contributed by atoms with Crippen LogP contribution in [-0.2, 0) is 0 Å². The van der Waals surface area contributed by atoms with Crippen molar-refractivity contribution >= 4 is 35.0 Å². The minimum atomic E-state index is -0.161. The van der Waals surface area contributed by atoms with Crippen molar-refractivity contribution in [2.24, 2.45) is 4.99 Å². The molecule has 0 aliphatic carbocycles. The molecule has 0 fully saturated rings. The van der Waals surface area contributed by atoms with Crippen LogP contribution in [0.3, 0.4) is 0 Å². The molecule has 0 saturated heterocycles. The van der Waals surface area contributed by atoms with Crippen LogP contribution < -0.4 is 4.87 Å². The number of pyridine rings is 1. The minimum absolute atomic E-state index is 0.00763. The second kappa shape index (κ2) is 4.72. The molecule has 0 amide bonds. The molecule has 1 N–H and O–H groups in total. The number of nitrogens with zero attached hydrogens (tertiary/aromatic N) is 3. The van der Waals surface area contributed by atoms with Crippen LogP contribution in [0.25, 0.3) is 11.6 Å². The number of allylic oxidation sites excluding steroid dienone is 1. The van der Waals surface area contributed by atoms with E-state index in [-0.39, 0.29) is 16.8 Å². The summed E-state index contributed by atoms with van der Waals surface area (Å²) in [5.41, 5.74) is 1.75. The molecule has 1 aliphatic heterocycles. The highest BCUT2D eigenvalue weighted by Gasteiger charge is 2.17. The first-order chi connectivity index (χ1) is 9.58. The maximum atomic E-state index is 11.9. The van der Waals surface area contributed by atoms with E-state index in [1.807, 2.05) is 26.0 Å². The van der Waals surface area contributed by atoms with Gasteiger partial charge < -0.3 is 5.11 Å². The molecule has 0 atom stereocenters. The van der Waals surface area contributed by atoms with Crippen molar-refractivity contribution in [1.82, 2.24) is 9.55 Å². The highest BCUT2D eigenvalue weighted by Crippen LogP contribution is 2.33. The molecule has 102 valence electrons. The summed E-state index contributed by atoms with van der Waals surface area (Å²) in [5, 5.41) is 10.2. The van der Waals surface area contributed by atoms with Gasteiger partial charge >= 0.3 is 4.87 Å². The average molecular weight is 287 g/mol. The fourth-order valence-electron chi connectivity index (χ4n) is 2.13. The number of hydrogen-bond acceptors (Lipinski definition) is 5. The molecule has 5 nitrogen and oxygen atoms in total. The fourth-order valence-corrected chi connectivity index (χ4v) is 3.08. The lowest BCUT2D eigenvalue weighted by Crippen LogP contribution is -2.14. The lowest BCUT2D eigenvalue weighted by molar-refractivity contribution is 0.395. The number of hydrogen-bond donors (Lipinski definition) is 1. The Bertz CT molecular complexity index is 784. The Balaban J connectivity index is 2.10. The van der Waals surface area contributed by atoms with Crippen molar-refractivity contribution in [3.8, 4) is 5.88 Å². The molecule has 0 saturated carbocycles. The van der Waals surface area contributed by atoms with Crippen LogP contribution in [-0.4, -0.2) is 20.9 Å². The molecule has 0 spiro atoms. The molecule has 0 unspecified atom stereocenters. The van der Waals surface area contributed by atoms with E-state index >= 15 is 0 Å². The van der Waals surface area contributed by atoms with E-state index in [2.05, 4.69) is 9.98 Å². The third-order valence-corrected chi connectivity index (χ3v) is 3.96. The van der Waals surface area contributed by atoms with Crippen molar-refractivity contribution in [2.45, 2.75) is 19.9 Å². The summed E-state index contributed by atoms with van der Waals surface area (Å²) >= 11 is 1.03. The molecule has 3 rings (SSSR count). The molecule has 2 aromatic heterocycles. The Morgan fingerprint density at radius 3 is 2.95 bits per heavy atom. The molecule has 0 radical (unpaired) electrons. The summed E-state index contributed by atoms with van der Waals surface area (Å²) in [5.74, 6) is 0.669. The van der Waals surface area contributed by atoms with E-state index in [1.54, 1.807) is 18.5 Å². The number of rotatable bonds is 2. The number of aromatic hydroxyl groups is 1. The minimum Gasteiger partial charge on any atom is -0.493 e. The predicted octanol–water partition coefficient (Wildman–Crippen LogP) is 2.85. The van der Waals surface area contributed by atoms with E-state index in [1.165, 1.54) is 4.57 Å².